The van der Waals surface area contributed by atoms with Crippen molar-refractivity contribution in [2.45, 2.75) is 49.6 Å². The van der Waals surface area contributed by atoms with E-state index in [4.69, 9.17) is 4.74 Å². The fourth-order valence-electron chi connectivity index (χ4n) is 2.55. The molecule has 1 aliphatic rings. The summed E-state index contributed by atoms with van der Waals surface area (Å²) >= 11 is 0. The first-order valence-corrected chi connectivity index (χ1v) is 8.98. The highest BCUT2D eigenvalue weighted by Gasteiger charge is 2.24. The van der Waals surface area contributed by atoms with Crippen LogP contribution < -0.4 is 5.32 Å². The van der Waals surface area contributed by atoms with Crippen LogP contribution in [0.5, 0.6) is 0 Å². The Kier molecular flexibility index (Phi) is 5.71. The van der Waals surface area contributed by atoms with Gasteiger partial charge in [-0.05, 0) is 31.9 Å². The van der Waals surface area contributed by atoms with Gasteiger partial charge in [-0.25, -0.2) is 4.79 Å². The molecule has 0 aromatic heterocycles. The summed E-state index contributed by atoms with van der Waals surface area (Å²) in [6.07, 6.45) is 4.83. The first-order valence-electron chi connectivity index (χ1n) is 7.43. The number of nitrogens with one attached hydrogen (secondary N) is 1. The Morgan fingerprint density at radius 3 is 2.55 bits per heavy atom. The van der Waals surface area contributed by atoms with Crippen LogP contribution in [-0.2, 0) is 20.3 Å². The molecule has 6 heteroatoms. The molecule has 1 aromatic carbocycles. The highest BCUT2D eigenvalue weighted by molar-refractivity contribution is 7.84. The number of ether oxygens (including phenoxy) is 1. The molecule has 0 saturated heterocycles. The smallest absolute Gasteiger partial charge is 0.340 e. The van der Waals surface area contributed by atoms with Crippen molar-refractivity contribution in [2.75, 3.05) is 6.26 Å². The lowest BCUT2D eigenvalue weighted by Crippen LogP contribution is -2.40. The summed E-state index contributed by atoms with van der Waals surface area (Å²) in [6, 6.07) is 6.75. The molecule has 1 saturated carbocycles. The van der Waals surface area contributed by atoms with Gasteiger partial charge in [0.25, 0.3) is 5.91 Å². The van der Waals surface area contributed by atoms with E-state index < -0.39 is 22.9 Å². The third-order valence-corrected chi connectivity index (χ3v) is 4.75. The molecular weight excluding hydrogens is 302 g/mol. The van der Waals surface area contributed by atoms with E-state index in [-0.39, 0.29) is 17.5 Å². The zero-order valence-electron chi connectivity index (χ0n) is 12.8. The zero-order chi connectivity index (χ0) is 16.1. The van der Waals surface area contributed by atoms with E-state index in [1.807, 2.05) is 0 Å². The molecular formula is C16H21NO4S. The van der Waals surface area contributed by atoms with E-state index in [2.05, 4.69) is 5.32 Å². The van der Waals surface area contributed by atoms with Gasteiger partial charge in [0.05, 0.1) is 21.3 Å². The Balaban J connectivity index is 1.99. The minimum absolute atomic E-state index is 0.184. The zero-order valence-corrected chi connectivity index (χ0v) is 13.7. The number of carbonyl (C=O) groups is 2. The van der Waals surface area contributed by atoms with Gasteiger partial charge in [0.2, 0.25) is 0 Å². The Bertz CT molecular complexity index is 581. The van der Waals surface area contributed by atoms with E-state index in [0.717, 1.165) is 25.7 Å². The Morgan fingerprint density at radius 2 is 1.91 bits per heavy atom. The van der Waals surface area contributed by atoms with Gasteiger partial charge in [0.15, 0.2) is 6.10 Å². The topological polar surface area (TPSA) is 72.5 Å². The van der Waals surface area contributed by atoms with Gasteiger partial charge in [0.1, 0.15) is 0 Å². The van der Waals surface area contributed by atoms with Gasteiger partial charge in [-0.2, -0.15) is 0 Å². The van der Waals surface area contributed by atoms with Crippen molar-refractivity contribution in [1.82, 2.24) is 5.32 Å². The van der Waals surface area contributed by atoms with Crippen molar-refractivity contribution in [1.29, 1.82) is 0 Å². The predicted octanol–water partition coefficient (Wildman–Crippen LogP) is 2.03. The maximum atomic E-state index is 12.2. The molecule has 0 spiro atoms. The number of benzene rings is 1. The molecule has 1 aromatic rings. The summed E-state index contributed by atoms with van der Waals surface area (Å²) in [5, 5.41) is 2.90. The maximum absolute atomic E-state index is 12.2. The lowest BCUT2D eigenvalue weighted by atomic mass is 10.2. The molecule has 22 heavy (non-hydrogen) atoms. The lowest BCUT2D eigenvalue weighted by Gasteiger charge is -2.17. The minimum atomic E-state index is -1.29. The Morgan fingerprint density at radius 1 is 1.27 bits per heavy atom. The largest absolute Gasteiger partial charge is 0.449 e. The van der Waals surface area contributed by atoms with Crippen molar-refractivity contribution in [3.8, 4) is 0 Å². The van der Waals surface area contributed by atoms with Gasteiger partial charge in [-0.3, -0.25) is 9.00 Å². The molecule has 0 aliphatic heterocycles. The molecule has 5 nitrogen and oxygen atoms in total. The van der Waals surface area contributed by atoms with Gasteiger partial charge < -0.3 is 10.1 Å². The Hall–Kier alpha value is -1.69. The number of carbonyl (C=O) groups excluding carboxylic acids is 2. The molecule has 1 aliphatic carbocycles. The van der Waals surface area contributed by atoms with Crippen LogP contribution in [-0.4, -0.2) is 34.5 Å². The molecule has 0 radical (unpaired) electrons. The second-order valence-electron chi connectivity index (χ2n) is 5.49. The van der Waals surface area contributed by atoms with Crippen molar-refractivity contribution in [3.05, 3.63) is 29.8 Å². The van der Waals surface area contributed by atoms with Crippen LogP contribution in [0.15, 0.2) is 29.2 Å². The van der Waals surface area contributed by atoms with Gasteiger partial charge in [0, 0.05) is 12.3 Å². The summed E-state index contributed by atoms with van der Waals surface area (Å²) in [5.74, 6) is -0.907. The number of amides is 1. The highest BCUT2D eigenvalue weighted by atomic mass is 32.2. The quantitative estimate of drug-likeness (QED) is 0.842. The summed E-state index contributed by atoms with van der Waals surface area (Å²) in [6.45, 7) is 1.55. The molecule has 0 heterocycles. The number of rotatable bonds is 5. The normalized spacial score (nSPS) is 17.7. The molecule has 0 unspecified atom stereocenters. The first kappa shape index (κ1) is 16.7. The third kappa shape index (κ3) is 4.16. The average Bonchev–Trinajstić information content (AvgIpc) is 2.99. The van der Waals surface area contributed by atoms with E-state index in [1.54, 1.807) is 31.2 Å². The minimum Gasteiger partial charge on any atom is -0.449 e. The van der Waals surface area contributed by atoms with Crippen LogP contribution >= 0.6 is 0 Å². The highest BCUT2D eigenvalue weighted by Crippen LogP contribution is 2.18. The SMILES string of the molecule is C[C@@H](OC(=O)c1ccccc1[S@@](C)=O)C(=O)NC1CCCC1. The molecule has 1 N–H and O–H groups in total. The number of esters is 1. The van der Waals surface area contributed by atoms with Crippen LogP contribution in [0.4, 0.5) is 0 Å². The van der Waals surface area contributed by atoms with Gasteiger partial charge >= 0.3 is 5.97 Å². The Labute approximate surface area is 132 Å². The van der Waals surface area contributed by atoms with Gasteiger partial charge in [-0.1, -0.05) is 25.0 Å². The van der Waals surface area contributed by atoms with Crippen molar-refractivity contribution in [3.63, 3.8) is 0 Å². The maximum Gasteiger partial charge on any atom is 0.340 e. The summed E-state index contributed by atoms with van der Waals surface area (Å²) < 4.78 is 16.9. The van der Waals surface area contributed by atoms with E-state index in [0.29, 0.717) is 4.90 Å². The lowest BCUT2D eigenvalue weighted by molar-refractivity contribution is -0.129. The second kappa shape index (κ2) is 7.54. The fourth-order valence-corrected chi connectivity index (χ4v) is 3.28. The van der Waals surface area contributed by atoms with Crippen LogP contribution in [0, 0.1) is 0 Å². The van der Waals surface area contributed by atoms with Gasteiger partial charge in [-0.15, -0.1) is 0 Å². The predicted molar refractivity (Wildman–Crippen MR) is 84.1 cm³/mol. The monoisotopic (exact) mass is 323 g/mol. The van der Waals surface area contributed by atoms with Crippen LogP contribution in [0.1, 0.15) is 43.0 Å². The molecule has 2 atom stereocenters. The van der Waals surface area contributed by atoms with E-state index in [1.165, 1.54) is 6.26 Å². The van der Waals surface area contributed by atoms with Crippen molar-refractivity contribution in [2.24, 2.45) is 0 Å². The van der Waals surface area contributed by atoms with E-state index in [9.17, 15) is 13.8 Å². The number of hydrogen-bond donors (Lipinski definition) is 1. The van der Waals surface area contributed by atoms with Crippen LogP contribution in [0.3, 0.4) is 0 Å². The van der Waals surface area contributed by atoms with E-state index >= 15 is 0 Å². The summed E-state index contributed by atoms with van der Waals surface area (Å²) in [5.41, 5.74) is 0.240. The molecule has 120 valence electrons. The second-order valence-corrected chi connectivity index (χ2v) is 6.84. The molecule has 1 amide bonds. The first-order chi connectivity index (χ1) is 10.5. The standard InChI is InChI=1S/C16H21NO4S/c1-11(15(18)17-12-7-3-4-8-12)21-16(19)13-9-5-6-10-14(13)22(2)20/h5-6,9-12H,3-4,7-8H2,1-2H3,(H,17,18)/t11-,22-/m1/s1. The number of hydrogen-bond acceptors (Lipinski definition) is 4. The molecule has 2 rings (SSSR count). The molecule has 0 bridgehead atoms. The average molecular weight is 323 g/mol. The van der Waals surface area contributed by atoms with Crippen LogP contribution in [0.2, 0.25) is 0 Å². The summed E-state index contributed by atoms with van der Waals surface area (Å²) in [7, 11) is -1.29. The van der Waals surface area contributed by atoms with Crippen molar-refractivity contribution < 1.29 is 18.5 Å². The third-order valence-electron chi connectivity index (χ3n) is 3.77. The van der Waals surface area contributed by atoms with Crippen LogP contribution in [0.25, 0.3) is 0 Å². The summed E-state index contributed by atoms with van der Waals surface area (Å²) in [4.78, 5) is 24.6. The van der Waals surface area contributed by atoms with Crippen molar-refractivity contribution >= 4 is 22.7 Å². The molecule has 1 fully saturated rings. The fraction of sp³-hybridized carbons (Fsp3) is 0.500.